The fourth-order valence-electron chi connectivity index (χ4n) is 2.46. The first-order chi connectivity index (χ1) is 10.4. The highest BCUT2D eigenvalue weighted by Gasteiger charge is 2.09. The Kier molecular flexibility index (Phi) is 6.76. The van der Waals surface area contributed by atoms with Gasteiger partial charge in [0.2, 0.25) is 0 Å². The van der Waals surface area contributed by atoms with Gasteiger partial charge in [-0.2, -0.15) is 0 Å². The van der Waals surface area contributed by atoms with Crippen LogP contribution in [0.15, 0.2) is 73.3 Å². The molecule has 0 spiro atoms. The van der Waals surface area contributed by atoms with Crippen LogP contribution in [0.2, 0.25) is 0 Å². The molecule has 0 unspecified atom stereocenters. The topological polar surface area (TPSA) is 9.23 Å². The molecule has 110 valence electrons. The second-order valence-electron chi connectivity index (χ2n) is 5.29. The third kappa shape index (κ3) is 5.97. The summed E-state index contributed by atoms with van der Waals surface area (Å²) < 4.78 is 5.92. The molecule has 0 radical (unpaired) electrons. The van der Waals surface area contributed by atoms with E-state index in [4.69, 9.17) is 4.74 Å². The van der Waals surface area contributed by atoms with Crippen LogP contribution in [0.5, 0.6) is 0 Å². The summed E-state index contributed by atoms with van der Waals surface area (Å²) >= 11 is 0. The summed E-state index contributed by atoms with van der Waals surface area (Å²) in [4.78, 5) is 0. The molecule has 0 atom stereocenters. The van der Waals surface area contributed by atoms with Gasteiger partial charge in [0, 0.05) is 0 Å². The van der Waals surface area contributed by atoms with Crippen molar-refractivity contribution in [2.45, 2.75) is 31.8 Å². The van der Waals surface area contributed by atoms with Crippen molar-refractivity contribution in [1.29, 1.82) is 0 Å². The van der Waals surface area contributed by atoms with Crippen molar-refractivity contribution < 1.29 is 4.74 Å². The molecule has 0 saturated heterocycles. The first-order valence-corrected chi connectivity index (χ1v) is 7.69. The Morgan fingerprint density at radius 3 is 1.71 bits per heavy atom. The summed E-state index contributed by atoms with van der Waals surface area (Å²) in [6.07, 6.45) is 6.38. The molecule has 0 fully saturated rings. The van der Waals surface area contributed by atoms with E-state index in [9.17, 15) is 0 Å². The fourth-order valence-corrected chi connectivity index (χ4v) is 2.46. The minimum atomic E-state index is 0.295. The Balaban J connectivity index is 1.83. The van der Waals surface area contributed by atoms with Gasteiger partial charge in [0.15, 0.2) is 0 Å². The van der Waals surface area contributed by atoms with E-state index in [1.807, 2.05) is 6.08 Å². The van der Waals surface area contributed by atoms with E-state index in [1.165, 1.54) is 11.1 Å². The van der Waals surface area contributed by atoms with Gasteiger partial charge in [-0.1, -0.05) is 66.7 Å². The van der Waals surface area contributed by atoms with Crippen molar-refractivity contribution in [1.82, 2.24) is 0 Å². The molecule has 21 heavy (non-hydrogen) atoms. The van der Waals surface area contributed by atoms with E-state index in [-0.39, 0.29) is 0 Å². The molecule has 0 amide bonds. The number of ether oxygens (including phenoxy) is 1. The molecule has 1 heteroatoms. The second-order valence-corrected chi connectivity index (χ2v) is 5.29. The normalized spacial score (nSPS) is 10.7. The van der Waals surface area contributed by atoms with Crippen LogP contribution in [0.3, 0.4) is 0 Å². The predicted molar refractivity (Wildman–Crippen MR) is 89.5 cm³/mol. The zero-order chi connectivity index (χ0) is 14.8. The minimum absolute atomic E-state index is 0.295. The van der Waals surface area contributed by atoms with Crippen LogP contribution in [0.4, 0.5) is 0 Å². The van der Waals surface area contributed by atoms with Crippen molar-refractivity contribution in [3.63, 3.8) is 0 Å². The zero-order valence-electron chi connectivity index (χ0n) is 12.6. The van der Waals surface area contributed by atoms with Gasteiger partial charge in [-0.05, 0) is 36.8 Å². The molecule has 0 saturated carbocycles. The summed E-state index contributed by atoms with van der Waals surface area (Å²) in [5.41, 5.74) is 2.76. The van der Waals surface area contributed by atoms with Crippen molar-refractivity contribution in [2.75, 3.05) is 6.61 Å². The lowest BCUT2D eigenvalue weighted by atomic mass is 10.0. The maximum Gasteiger partial charge on any atom is 0.0648 e. The largest absolute Gasteiger partial charge is 0.374 e. The van der Waals surface area contributed by atoms with Crippen LogP contribution in [0.25, 0.3) is 0 Å². The molecule has 0 aromatic heterocycles. The monoisotopic (exact) mass is 280 g/mol. The van der Waals surface area contributed by atoms with Gasteiger partial charge in [-0.15, -0.1) is 6.58 Å². The fraction of sp³-hybridized carbons (Fsp3) is 0.300. The standard InChI is InChI=1S/C20H24O/c1-2-17-21-20(15-13-18-9-5-3-6-10-18)16-14-19-11-7-4-8-12-19/h2-12,20H,1,13-17H2. The van der Waals surface area contributed by atoms with Gasteiger partial charge >= 0.3 is 0 Å². The van der Waals surface area contributed by atoms with Crippen LogP contribution in [-0.4, -0.2) is 12.7 Å². The first kappa shape index (κ1) is 15.5. The van der Waals surface area contributed by atoms with Crippen LogP contribution < -0.4 is 0 Å². The number of hydrogen-bond acceptors (Lipinski definition) is 1. The number of benzene rings is 2. The summed E-state index contributed by atoms with van der Waals surface area (Å²) in [6, 6.07) is 21.2. The van der Waals surface area contributed by atoms with E-state index in [2.05, 4.69) is 67.2 Å². The van der Waals surface area contributed by atoms with Gasteiger partial charge in [-0.25, -0.2) is 0 Å². The summed E-state index contributed by atoms with van der Waals surface area (Å²) in [6.45, 7) is 4.38. The maximum absolute atomic E-state index is 5.92. The van der Waals surface area contributed by atoms with E-state index in [1.54, 1.807) is 0 Å². The molecule has 0 aliphatic heterocycles. The quantitative estimate of drug-likeness (QED) is 0.598. The Morgan fingerprint density at radius 2 is 1.29 bits per heavy atom. The van der Waals surface area contributed by atoms with Crippen LogP contribution in [0.1, 0.15) is 24.0 Å². The Morgan fingerprint density at radius 1 is 0.810 bits per heavy atom. The smallest absolute Gasteiger partial charge is 0.0648 e. The average molecular weight is 280 g/mol. The summed E-state index contributed by atoms with van der Waals surface area (Å²) in [7, 11) is 0. The molecule has 0 aliphatic carbocycles. The third-order valence-electron chi connectivity index (χ3n) is 3.65. The van der Waals surface area contributed by atoms with Crippen molar-refractivity contribution in [3.05, 3.63) is 84.4 Å². The van der Waals surface area contributed by atoms with Gasteiger partial charge in [-0.3, -0.25) is 0 Å². The molecular weight excluding hydrogens is 256 g/mol. The molecular formula is C20H24O. The minimum Gasteiger partial charge on any atom is -0.374 e. The first-order valence-electron chi connectivity index (χ1n) is 7.69. The number of hydrogen-bond donors (Lipinski definition) is 0. The lowest BCUT2D eigenvalue weighted by Gasteiger charge is -2.17. The van der Waals surface area contributed by atoms with Crippen molar-refractivity contribution in [3.8, 4) is 0 Å². The van der Waals surface area contributed by atoms with Crippen molar-refractivity contribution in [2.24, 2.45) is 0 Å². The van der Waals surface area contributed by atoms with E-state index < -0.39 is 0 Å². The summed E-state index contributed by atoms with van der Waals surface area (Å²) in [5, 5.41) is 0. The zero-order valence-corrected chi connectivity index (χ0v) is 12.6. The molecule has 0 bridgehead atoms. The highest BCUT2D eigenvalue weighted by atomic mass is 16.5. The molecule has 0 N–H and O–H groups in total. The predicted octanol–water partition coefficient (Wildman–Crippen LogP) is 4.82. The lowest BCUT2D eigenvalue weighted by Crippen LogP contribution is -2.15. The number of aryl methyl sites for hydroxylation is 2. The molecule has 2 aromatic rings. The van der Waals surface area contributed by atoms with Crippen LogP contribution in [0, 0.1) is 0 Å². The maximum atomic E-state index is 5.92. The Labute approximate surface area is 128 Å². The van der Waals surface area contributed by atoms with Gasteiger partial charge < -0.3 is 4.74 Å². The van der Waals surface area contributed by atoms with E-state index in [0.717, 1.165) is 25.7 Å². The van der Waals surface area contributed by atoms with Gasteiger partial charge in [0.1, 0.15) is 0 Å². The van der Waals surface area contributed by atoms with E-state index >= 15 is 0 Å². The molecule has 2 aromatic carbocycles. The van der Waals surface area contributed by atoms with Gasteiger partial charge in [0.25, 0.3) is 0 Å². The lowest BCUT2D eigenvalue weighted by molar-refractivity contribution is 0.0620. The Hall–Kier alpha value is -1.86. The summed E-state index contributed by atoms with van der Waals surface area (Å²) in [5.74, 6) is 0. The molecule has 2 rings (SSSR count). The Bertz CT molecular complexity index is 460. The third-order valence-corrected chi connectivity index (χ3v) is 3.65. The van der Waals surface area contributed by atoms with Crippen LogP contribution in [-0.2, 0) is 17.6 Å². The van der Waals surface area contributed by atoms with E-state index in [0.29, 0.717) is 12.7 Å². The molecule has 0 aliphatic rings. The van der Waals surface area contributed by atoms with Gasteiger partial charge in [0.05, 0.1) is 12.7 Å². The molecule has 1 nitrogen and oxygen atoms in total. The highest BCUT2D eigenvalue weighted by Crippen LogP contribution is 2.14. The number of rotatable bonds is 9. The average Bonchev–Trinajstić information content (AvgIpc) is 2.56. The SMILES string of the molecule is C=CCOC(CCc1ccccc1)CCc1ccccc1. The highest BCUT2D eigenvalue weighted by molar-refractivity contribution is 5.16. The van der Waals surface area contributed by atoms with Crippen molar-refractivity contribution >= 4 is 0 Å². The molecule has 0 heterocycles. The second kappa shape index (κ2) is 9.15. The van der Waals surface area contributed by atoms with Crippen LogP contribution >= 0.6 is 0 Å².